The molecule has 1 aliphatic rings. The molecule has 0 radical (unpaired) electrons. The fourth-order valence-corrected chi connectivity index (χ4v) is 2.64. The highest BCUT2D eigenvalue weighted by atomic mass is 16.8. The van der Waals surface area contributed by atoms with Crippen molar-refractivity contribution in [3.05, 3.63) is 29.3 Å². The molecule has 1 atom stereocenters. The van der Waals surface area contributed by atoms with Gasteiger partial charge in [-0.05, 0) is 60.1 Å². The number of nitrogens with zero attached hydrogens (tertiary/aromatic N) is 1. The molecule has 8 heteroatoms. The van der Waals surface area contributed by atoms with Crippen molar-refractivity contribution >= 4 is 23.8 Å². The Balaban J connectivity index is 2.26. The van der Waals surface area contributed by atoms with Crippen molar-refractivity contribution in [3.63, 3.8) is 0 Å². The van der Waals surface area contributed by atoms with Crippen molar-refractivity contribution < 1.29 is 28.7 Å². The Kier molecular flexibility index (Phi) is 5.91. The van der Waals surface area contributed by atoms with Gasteiger partial charge in [0.05, 0.1) is 5.69 Å². The van der Waals surface area contributed by atoms with Crippen molar-refractivity contribution in [3.8, 4) is 0 Å². The second-order valence-electron chi connectivity index (χ2n) is 8.72. The number of aryl methyl sites for hydroxylation is 1. The molecule has 8 nitrogen and oxygen atoms in total. The molecule has 0 unspecified atom stereocenters. The number of carbonyl (C=O) groups is 3. The van der Waals surface area contributed by atoms with Crippen LogP contribution in [-0.4, -0.2) is 35.4 Å². The van der Waals surface area contributed by atoms with Crippen molar-refractivity contribution in [2.75, 3.05) is 5.06 Å². The number of carbonyl (C=O) groups excluding carboxylic acids is 3. The van der Waals surface area contributed by atoms with Gasteiger partial charge in [0.2, 0.25) is 0 Å². The van der Waals surface area contributed by atoms with E-state index >= 15 is 0 Å². The minimum Gasteiger partial charge on any atom is -0.444 e. The van der Waals surface area contributed by atoms with Crippen LogP contribution in [0.4, 0.5) is 15.3 Å². The average molecular weight is 392 g/mol. The van der Waals surface area contributed by atoms with E-state index in [1.54, 1.807) is 53.7 Å². The van der Waals surface area contributed by atoms with E-state index in [4.69, 9.17) is 14.3 Å². The number of nitrogens with one attached hydrogen (secondary N) is 1. The molecule has 1 aromatic carbocycles. The number of hydrogen-bond acceptors (Lipinski definition) is 6. The van der Waals surface area contributed by atoms with Gasteiger partial charge < -0.3 is 14.8 Å². The molecule has 28 heavy (non-hydrogen) atoms. The number of alkyl carbamates (subject to hydrolysis) is 1. The maximum Gasteiger partial charge on any atom is 0.534 e. The molecule has 0 saturated carbocycles. The molecule has 0 aromatic heterocycles. The van der Waals surface area contributed by atoms with Crippen LogP contribution in [0.2, 0.25) is 0 Å². The number of hydroxylamine groups is 1. The number of ether oxygens (including phenoxy) is 2. The quantitative estimate of drug-likeness (QED) is 0.772. The Hall–Kier alpha value is -2.77. The van der Waals surface area contributed by atoms with E-state index < -0.39 is 35.4 Å². The monoisotopic (exact) mass is 392 g/mol. The molecule has 1 heterocycles. The minimum atomic E-state index is -1.01. The molecule has 0 aliphatic carbocycles. The van der Waals surface area contributed by atoms with Crippen LogP contribution >= 0.6 is 0 Å². The topological polar surface area (TPSA) is 94.2 Å². The number of fused-ring (bicyclic) bond motifs is 1. The number of anilines is 1. The predicted octanol–water partition coefficient (Wildman–Crippen LogP) is 3.64. The highest BCUT2D eigenvalue weighted by Crippen LogP contribution is 2.30. The average Bonchev–Trinajstić information content (AvgIpc) is 2.47. The molecule has 1 N–H and O–H groups in total. The molecule has 1 aromatic rings. The molecular weight excluding hydrogens is 364 g/mol. The lowest BCUT2D eigenvalue weighted by Crippen LogP contribution is -2.54. The Labute approximate surface area is 165 Å². The summed E-state index contributed by atoms with van der Waals surface area (Å²) in [6.07, 6.45) is -1.48. The SMILES string of the molecule is Cc1ccc2c(c1)C[C@H](NC(=O)OC(C)(C)C)C(=O)N2OC(=O)OC(C)(C)C. The van der Waals surface area contributed by atoms with Crippen molar-refractivity contribution in [2.45, 2.75) is 72.1 Å². The van der Waals surface area contributed by atoms with E-state index in [9.17, 15) is 14.4 Å². The molecule has 154 valence electrons. The third-order valence-corrected chi connectivity index (χ3v) is 3.62. The van der Waals surface area contributed by atoms with Gasteiger partial charge in [-0.1, -0.05) is 17.7 Å². The first-order valence-corrected chi connectivity index (χ1v) is 9.09. The zero-order valence-electron chi connectivity index (χ0n) is 17.4. The summed E-state index contributed by atoms with van der Waals surface area (Å²) in [6.45, 7) is 12.2. The van der Waals surface area contributed by atoms with E-state index in [-0.39, 0.29) is 6.42 Å². The van der Waals surface area contributed by atoms with Gasteiger partial charge in [-0.2, -0.15) is 0 Å². The fourth-order valence-electron chi connectivity index (χ4n) is 2.64. The summed E-state index contributed by atoms with van der Waals surface area (Å²) in [6, 6.07) is 4.43. The van der Waals surface area contributed by atoms with Crippen LogP contribution in [0.1, 0.15) is 52.7 Å². The molecule has 2 amide bonds. The van der Waals surface area contributed by atoms with Gasteiger partial charge in [0.1, 0.15) is 17.2 Å². The van der Waals surface area contributed by atoms with Crippen LogP contribution in [-0.2, 0) is 25.5 Å². The molecule has 2 rings (SSSR count). The lowest BCUT2D eigenvalue weighted by Gasteiger charge is -2.33. The summed E-state index contributed by atoms with van der Waals surface area (Å²) >= 11 is 0. The second-order valence-corrected chi connectivity index (χ2v) is 8.72. The summed E-state index contributed by atoms with van der Waals surface area (Å²) in [5, 5.41) is 3.42. The van der Waals surface area contributed by atoms with Crippen LogP contribution in [0.15, 0.2) is 18.2 Å². The summed E-state index contributed by atoms with van der Waals surface area (Å²) in [5.41, 5.74) is 0.678. The first-order valence-electron chi connectivity index (χ1n) is 9.09. The van der Waals surface area contributed by atoms with Crippen molar-refractivity contribution in [2.24, 2.45) is 0 Å². The van der Waals surface area contributed by atoms with E-state index in [2.05, 4.69) is 5.32 Å². The molecule has 0 bridgehead atoms. The van der Waals surface area contributed by atoms with Gasteiger partial charge in [0, 0.05) is 6.42 Å². The van der Waals surface area contributed by atoms with Crippen LogP contribution in [0.25, 0.3) is 0 Å². The minimum absolute atomic E-state index is 0.253. The Bertz CT molecular complexity index is 776. The van der Waals surface area contributed by atoms with Gasteiger partial charge in [0.25, 0.3) is 5.91 Å². The van der Waals surface area contributed by atoms with Gasteiger partial charge in [-0.25, -0.2) is 9.59 Å². The van der Waals surface area contributed by atoms with Crippen molar-refractivity contribution in [1.82, 2.24) is 5.32 Å². The van der Waals surface area contributed by atoms with Gasteiger partial charge in [0.15, 0.2) is 0 Å². The Morgan fingerprint density at radius 1 is 1.07 bits per heavy atom. The zero-order valence-corrected chi connectivity index (χ0v) is 17.4. The standard InChI is InChI=1S/C20H28N2O6/c1-12-8-9-15-13(10-12)11-14(21-17(24)26-19(2,3)4)16(23)22(15)28-18(25)27-20(5,6)7/h8-10,14H,11H2,1-7H3,(H,21,24)/t14-/m0/s1. The molecule has 1 aliphatic heterocycles. The zero-order chi connectivity index (χ0) is 21.3. The number of rotatable bonds is 2. The second kappa shape index (κ2) is 7.69. The Morgan fingerprint density at radius 2 is 1.68 bits per heavy atom. The third-order valence-electron chi connectivity index (χ3n) is 3.62. The van der Waals surface area contributed by atoms with E-state index in [1.807, 2.05) is 13.0 Å². The van der Waals surface area contributed by atoms with Gasteiger partial charge in [-0.15, -0.1) is 5.06 Å². The van der Waals surface area contributed by atoms with Crippen LogP contribution in [0.3, 0.4) is 0 Å². The smallest absolute Gasteiger partial charge is 0.444 e. The number of hydrogen-bond donors (Lipinski definition) is 1. The number of benzene rings is 1. The Morgan fingerprint density at radius 3 is 2.25 bits per heavy atom. The lowest BCUT2D eigenvalue weighted by atomic mass is 9.97. The van der Waals surface area contributed by atoms with E-state index in [1.165, 1.54) is 0 Å². The first-order chi connectivity index (χ1) is 12.7. The normalized spacial score (nSPS) is 16.9. The number of amides is 2. The van der Waals surface area contributed by atoms with Crippen LogP contribution < -0.4 is 10.4 Å². The molecule has 0 saturated heterocycles. The summed E-state index contributed by atoms with van der Waals surface area (Å²) in [7, 11) is 0. The first kappa shape index (κ1) is 21.5. The van der Waals surface area contributed by atoms with Crippen LogP contribution in [0.5, 0.6) is 0 Å². The fraction of sp³-hybridized carbons (Fsp3) is 0.550. The third kappa shape index (κ3) is 5.87. The predicted molar refractivity (Wildman–Crippen MR) is 103 cm³/mol. The highest BCUT2D eigenvalue weighted by Gasteiger charge is 2.38. The summed E-state index contributed by atoms with van der Waals surface area (Å²) < 4.78 is 10.4. The highest BCUT2D eigenvalue weighted by molar-refractivity contribution is 6.01. The maximum atomic E-state index is 12.9. The molecule has 0 spiro atoms. The molecule has 0 fully saturated rings. The summed E-state index contributed by atoms with van der Waals surface area (Å²) in [4.78, 5) is 42.3. The summed E-state index contributed by atoms with van der Waals surface area (Å²) in [5.74, 6) is -0.590. The van der Waals surface area contributed by atoms with Crippen molar-refractivity contribution in [1.29, 1.82) is 0 Å². The van der Waals surface area contributed by atoms with Crippen LogP contribution in [0, 0.1) is 6.92 Å². The van der Waals surface area contributed by atoms with Gasteiger partial charge >= 0.3 is 12.2 Å². The van der Waals surface area contributed by atoms with Gasteiger partial charge in [-0.3, -0.25) is 9.63 Å². The maximum absolute atomic E-state index is 12.9. The van der Waals surface area contributed by atoms with E-state index in [0.29, 0.717) is 5.69 Å². The molecular formula is C20H28N2O6. The van der Waals surface area contributed by atoms with E-state index in [0.717, 1.165) is 16.2 Å². The lowest BCUT2D eigenvalue weighted by molar-refractivity contribution is -0.128. The largest absolute Gasteiger partial charge is 0.534 e.